The highest BCUT2D eigenvalue weighted by Gasteiger charge is 2.28. The average Bonchev–Trinajstić information content (AvgIpc) is 3.24. The molecule has 1 saturated heterocycles. The third kappa shape index (κ3) is 5.47. The van der Waals surface area contributed by atoms with Gasteiger partial charge < -0.3 is 10.6 Å². The van der Waals surface area contributed by atoms with Gasteiger partial charge in [-0.3, -0.25) is 4.79 Å². The predicted octanol–water partition coefficient (Wildman–Crippen LogP) is 3.79. The molecule has 0 radical (unpaired) electrons. The second-order valence-corrected chi connectivity index (χ2v) is 10.7. The van der Waals surface area contributed by atoms with Crippen LogP contribution < -0.4 is 10.6 Å². The molecule has 6 nitrogen and oxygen atoms in total. The van der Waals surface area contributed by atoms with E-state index in [2.05, 4.69) is 31.4 Å². The van der Waals surface area contributed by atoms with Crippen LogP contribution in [0.4, 0.5) is 5.69 Å². The highest BCUT2D eigenvalue weighted by molar-refractivity contribution is 7.89. The second kappa shape index (κ2) is 9.29. The Labute approximate surface area is 179 Å². The molecule has 1 heterocycles. The largest absolute Gasteiger partial charge is 0.325 e. The molecule has 3 rings (SSSR count). The number of carbonyl (C=O) groups excluding carboxylic acids is 1. The Morgan fingerprint density at radius 3 is 2.33 bits per heavy atom. The Morgan fingerprint density at radius 1 is 1.03 bits per heavy atom. The average molecular weight is 430 g/mol. The fraction of sp³-hybridized carbons (Fsp3) is 0.435. The summed E-state index contributed by atoms with van der Waals surface area (Å²) < 4.78 is 27.0. The molecule has 1 fully saturated rings. The molecule has 1 aliphatic heterocycles. The van der Waals surface area contributed by atoms with E-state index < -0.39 is 10.0 Å². The van der Waals surface area contributed by atoms with Crippen molar-refractivity contribution >= 4 is 21.6 Å². The van der Waals surface area contributed by atoms with E-state index >= 15 is 0 Å². The molecule has 2 aromatic carbocycles. The van der Waals surface area contributed by atoms with E-state index in [4.69, 9.17) is 0 Å². The van der Waals surface area contributed by atoms with Crippen LogP contribution in [0.1, 0.15) is 45.2 Å². The lowest BCUT2D eigenvalue weighted by molar-refractivity contribution is -0.115. The maximum Gasteiger partial charge on any atom is 0.243 e. The molecule has 1 atom stereocenters. The standard InChI is InChI=1S/C23H31N3O3S/c1-23(2,3)22(18-10-5-4-6-11-18)24-17-21(27)25-19-12-9-13-20(16-19)30(28,29)26-14-7-8-15-26/h4-6,9-13,16,22,24H,7-8,14-15,17H2,1-3H3,(H,25,27). The van der Waals surface area contributed by atoms with E-state index in [0.29, 0.717) is 18.8 Å². The van der Waals surface area contributed by atoms with Crippen LogP contribution >= 0.6 is 0 Å². The third-order valence-corrected chi connectivity index (χ3v) is 7.18. The van der Waals surface area contributed by atoms with E-state index in [1.165, 1.54) is 10.4 Å². The first-order chi connectivity index (χ1) is 14.2. The summed E-state index contributed by atoms with van der Waals surface area (Å²) in [6, 6.07) is 16.5. The summed E-state index contributed by atoms with van der Waals surface area (Å²) >= 11 is 0. The minimum Gasteiger partial charge on any atom is -0.325 e. The second-order valence-electron chi connectivity index (χ2n) is 8.78. The third-order valence-electron chi connectivity index (χ3n) is 5.29. The van der Waals surface area contributed by atoms with Crippen molar-refractivity contribution in [2.75, 3.05) is 25.0 Å². The summed E-state index contributed by atoms with van der Waals surface area (Å²) in [5, 5.41) is 6.17. The van der Waals surface area contributed by atoms with Crippen LogP contribution in [0.5, 0.6) is 0 Å². The fourth-order valence-electron chi connectivity index (χ4n) is 3.78. The molecule has 162 valence electrons. The van der Waals surface area contributed by atoms with Crippen molar-refractivity contribution in [2.45, 2.75) is 44.6 Å². The molecule has 2 aromatic rings. The highest BCUT2D eigenvalue weighted by atomic mass is 32.2. The van der Waals surface area contributed by atoms with Gasteiger partial charge in [-0.25, -0.2) is 8.42 Å². The molecule has 0 aliphatic carbocycles. The number of hydrogen-bond donors (Lipinski definition) is 2. The molecule has 1 aliphatic rings. The number of benzene rings is 2. The number of amides is 1. The van der Waals surface area contributed by atoms with E-state index in [1.807, 2.05) is 30.3 Å². The van der Waals surface area contributed by atoms with Gasteiger partial charge in [0.2, 0.25) is 15.9 Å². The van der Waals surface area contributed by atoms with Crippen LogP contribution in [0.15, 0.2) is 59.5 Å². The molecule has 1 amide bonds. The molecule has 0 aromatic heterocycles. The zero-order chi connectivity index (χ0) is 21.8. The van der Waals surface area contributed by atoms with Crippen molar-refractivity contribution < 1.29 is 13.2 Å². The van der Waals surface area contributed by atoms with Gasteiger partial charge in [0.25, 0.3) is 0 Å². The van der Waals surface area contributed by atoms with Gasteiger partial charge >= 0.3 is 0 Å². The molecule has 1 unspecified atom stereocenters. The van der Waals surface area contributed by atoms with Gasteiger partial charge in [0.15, 0.2) is 0 Å². The molecule has 0 saturated carbocycles. The number of rotatable bonds is 7. The monoisotopic (exact) mass is 429 g/mol. The Morgan fingerprint density at radius 2 is 1.70 bits per heavy atom. The van der Waals surface area contributed by atoms with Gasteiger partial charge in [0.05, 0.1) is 11.4 Å². The van der Waals surface area contributed by atoms with Crippen LogP contribution in [-0.4, -0.2) is 38.3 Å². The molecule has 2 N–H and O–H groups in total. The summed E-state index contributed by atoms with van der Waals surface area (Å²) in [6.45, 7) is 7.61. The molecular weight excluding hydrogens is 398 g/mol. The maximum atomic E-state index is 12.8. The lowest BCUT2D eigenvalue weighted by Gasteiger charge is -2.32. The molecular formula is C23H31N3O3S. The van der Waals surface area contributed by atoms with Crippen LogP contribution in [0, 0.1) is 5.41 Å². The Bertz CT molecular complexity index is 963. The Kier molecular flexibility index (Phi) is 6.95. The van der Waals surface area contributed by atoms with Crippen LogP contribution in [0.3, 0.4) is 0 Å². The number of sulfonamides is 1. The van der Waals surface area contributed by atoms with Crippen molar-refractivity contribution in [2.24, 2.45) is 5.41 Å². The first-order valence-corrected chi connectivity index (χ1v) is 11.8. The summed E-state index contributed by atoms with van der Waals surface area (Å²) in [6.07, 6.45) is 1.77. The summed E-state index contributed by atoms with van der Waals surface area (Å²) in [5.74, 6) is -0.212. The predicted molar refractivity (Wildman–Crippen MR) is 120 cm³/mol. The van der Waals surface area contributed by atoms with Gasteiger partial charge in [-0.15, -0.1) is 0 Å². The van der Waals surface area contributed by atoms with E-state index in [-0.39, 0.29) is 28.8 Å². The topological polar surface area (TPSA) is 78.5 Å². The maximum absolute atomic E-state index is 12.8. The van der Waals surface area contributed by atoms with Crippen molar-refractivity contribution in [3.8, 4) is 0 Å². The number of nitrogens with one attached hydrogen (secondary N) is 2. The number of carbonyl (C=O) groups is 1. The van der Waals surface area contributed by atoms with Gasteiger partial charge in [-0.2, -0.15) is 4.31 Å². The smallest absolute Gasteiger partial charge is 0.243 e. The van der Waals surface area contributed by atoms with Crippen molar-refractivity contribution in [3.05, 3.63) is 60.2 Å². The number of hydrogen-bond acceptors (Lipinski definition) is 4. The number of anilines is 1. The number of nitrogens with zero attached hydrogens (tertiary/aromatic N) is 1. The minimum atomic E-state index is -3.51. The first-order valence-electron chi connectivity index (χ1n) is 10.4. The zero-order valence-corrected chi connectivity index (χ0v) is 18.7. The highest BCUT2D eigenvalue weighted by Crippen LogP contribution is 2.32. The molecule has 0 bridgehead atoms. The van der Waals surface area contributed by atoms with Gasteiger partial charge in [0, 0.05) is 24.8 Å². The van der Waals surface area contributed by atoms with E-state index in [1.54, 1.807) is 18.2 Å². The minimum absolute atomic E-state index is 0.00586. The Balaban J connectivity index is 1.66. The SMILES string of the molecule is CC(C)(C)C(NCC(=O)Nc1cccc(S(=O)(=O)N2CCCC2)c1)c1ccccc1. The summed E-state index contributed by atoms with van der Waals surface area (Å²) in [4.78, 5) is 12.8. The zero-order valence-electron chi connectivity index (χ0n) is 17.9. The van der Waals surface area contributed by atoms with Crippen molar-refractivity contribution in [1.82, 2.24) is 9.62 Å². The van der Waals surface area contributed by atoms with E-state index in [0.717, 1.165) is 18.4 Å². The quantitative estimate of drug-likeness (QED) is 0.702. The van der Waals surface area contributed by atoms with Gasteiger partial charge in [-0.1, -0.05) is 57.2 Å². The van der Waals surface area contributed by atoms with Gasteiger partial charge in [0.1, 0.15) is 0 Å². The Hall–Kier alpha value is -2.22. The van der Waals surface area contributed by atoms with Crippen LogP contribution in [0.2, 0.25) is 0 Å². The van der Waals surface area contributed by atoms with Gasteiger partial charge in [-0.05, 0) is 42.0 Å². The molecule has 30 heavy (non-hydrogen) atoms. The fourth-order valence-corrected chi connectivity index (χ4v) is 5.34. The van der Waals surface area contributed by atoms with Crippen LogP contribution in [0.25, 0.3) is 0 Å². The van der Waals surface area contributed by atoms with Crippen molar-refractivity contribution in [3.63, 3.8) is 0 Å². The lowest BCUT2D eigenvalue weighted by atomic mass is 9.82. The molecule has 0 spiro atoms. The normalized spacial score (nSPS) is 16.4. The summed E-state index contributed by atoms with van der Waals surface area (Å²) in [7, 11) is -3.51. The lowest BCUT2D eigenvalue weighted by Crippen LogP contribution is -2.37. The van der Waals surface area contributed by atoms with Crippen LogP contribution in [-0.2, 0) is 14.8 Å². The first kappa shape index (κ1) is 22.5. The summed E-state index contributed by atoms with van der Waals surface area (Å²) in [5.41, 5.74) is 1.52. The molecule has 7 heteroatoms. The van der Waals surface area contributed by atoms with Crippen molar-refractivity contribution in [1.29, 1.82) is 0 Å². The van der Waals surface area contributed by atoms with E-state index in [9.17, 15) is 13.2 Å².